The molecule has 0 saturated heterocycles. The quantitative estimate of drug-likeness (QED) is 0.0495. The Labute approximate surface area is 290 Å². The molecule has 13 nitrogen and oxygen atoms in total. The second-order valence-corrected chi connectivity index (χ2v) is 36.1. The third kappa shape index (κ3) is 25.6. The van der Waals surface area contributed by atoms with Gasteiger partial charge in [-0.1, -0.05) is 0 Å². The van der Waals surface area contributed by atoms with E-state index in [0.29, 0.717) is 70.2 Å². The van der Waals surface area contributed by atoms with Gasteiger partial charge in [0.15, 0.2) is 33.3 Å². The molecule has 0 saturated carbocycles. The molecule has 0 bridgehead atoms. The van der Waals surface area contributed by atoms with Crippen LogP contribution in [0.4, 0.5) is 0 Å². The first-order valence-corrected chi connectivity index (χ1v) is 31.7. The molecule has 47 heavy (non-hydrogen) atoms. The molecule has 0 radical (unpaired) electrons. The van der Waals surface area contributed by atoms with E-state index in [1.54, 1.807) is 0 Å². The summed E-state index contributed by atoms with van der Waals surface area (Å²) >= 11 is 0. The number of ether oxygens (including phenoxy) is 4. The fourth-order valence-corrected chi connectivity index (χ4v) is 25.0. The van der Waals surface area contributed by atoms with E-state index in [1.807, 2.05) is 0 Å². The molecule has 0 unspecified atom stereocenters. The number of hydrogen-bond acceptors (Lipinski definition) is 13. The van der Waals surface area contributed by atoms with E-state index < -0.39 is 52.3 Å². The number of hydrogen-bond donors (Lipinski definition) is 0. The fraction of sp³-hybridized carbons (Fsp3) is 0.857. The van der Waals surface area contributed by atoms with Gasteiger partial charge in [-0.3, -0.25) is 19.2 Å². The number of esters is 4. The minimum absolute atomic E-state index is 0.296. The van der Waals surface area contributed by atoms with Crippen molar-refractivity contribution in [2.45, 2.75) is 130 Å². The zero-order valence-electron chi connectivity index (χ0n) is 31.0. The van der Waals surface area contributed by atoms with Crippen molar-refractivity contribution in [1.82, 2.24) is 0 Å². The zero-order chi connectivity index (χ0) is 36.4. The van der Waals surface area contributed by atoms with Crippen molar-refractivity contribution in [3.63, 3.8) is 0 Å². The maximum absolute atomic E-state index is 11.3. The fourth-order valence-electron chi connectivity index (χ4n) is 4.51. The highest BCUT2D eigenvalue weighted by molar-refractivity contribution is 6.89. The summed E-state index contributed by atoms with van der Waals surface area (Å²) < 4.78 is 54.9. The standard InChI is InChI=1S/C28H62O13Si6/c1-25(29)33-17-13-21-43(5,6)37-42-38-47(39-44(7,8)22-14-18-34-26(2)30,40-45(9,10)23-15-19-35-27(3)31)41-46(11,12)24-16-20-36-28(4)32/h13-24,42H2,1-12H3. The van der Waals surface area contributed by atoms with Crippen LogP contribution in [0.25, 0.3) is 0 Å². The Morgan fingerprint density at radius 3 is 0.936 bits per heavy atom. The summed E-state index contributed by atoms with van der Waals surface area (Å²) in [6.07, 6.45) is 2.59. The third-order valence-corrected chi connectivity index (χ3v) is 28.1. The predicted molar refractivity (Wildman–Crippen MR) is 194 cm³/mol. The molecule has 0 fully saturated rings. The van der Waals surface area contributed by atoms with E-state index in [1.165, 1.54) is 27.7 Å². The van der Waals surface area contributed by atoms with Crippen molar-refractivity contribution >= 4 is 76.2 Å². The highest BCUT2D eigenvalue weighted by atomic mass is 28.5. The first-order valence-electron chi connectivity index (χ1n) is 16.4. The summed E-state index contributed by atoms with van der Waals surface area (Å²) in [5, 5.41) is 0. The Hall–Kier alpha value is -1.02. The van der Waals surface area contributed by atoms with Gasteiger partial charge in [-0.25, -0.2) is 0 Å². The van der Waals surface area contributed by atoms with E-state index in [-0.39, 0.29) is 23.9 Å². The Bertz CT molecular complexity index is 890. The van der Waals surface area contributed by atoms with Gasteiger partial charge in [-0.05, 0) is 102 Å². The average Bonchev–Trinajstić information content (AvgIpc) is 2.88. The molecule has 19 heteroatoms. The maximum atomic E-state index is 11.3. The number of carbonyl (C=O) groups is 4. The van der Waals surface area contributed by atoms with E-state index in [9.17, 15) is 19.2 Å². The van der Waals surface area contributed by atoms with Gasteiger partial charge in [-0.15, -0.1) is 0 Å². The van der Waals surface area contributed by atoms with Crippen LogP contribution in [-0.2, 0) is 58.7 Å². The Balaban J connectivity index is 6.28. The van der Waals surface area contributed by atoms with E-state index >= 15 is 0 Å². The van der Waals surface area contributed by atoms with Crippen molar-refractivity contribution in [3.05, 3.63) is 0 Å². The first-order chi connectivity index (χ1) is 21.5. The van der Waals surface area contributed by atoms with Gasteiger partial charge >= 0.3 is 32.9 Å². The molecule has 0 rings (SSSR count). The van der Waals surface area contributed by atoms with Crippen LogP contribution in [-0.4, -0.2) is 103 Å². The summed E-state index contributed by atoms with van der Waals surface area (Å²) in [6.45, 7) is 23.5. The lowest BCUT2D eigenvalue weighted by atomic mass is 10.5. The van der Waals surface area contributed by atoms with Crippen LogP contribution in [0.15, 0.2) is 0 Å². The van der Waals surface area contributed by atoms with E-state index in [4.69, 9.17) is 39.5 Å². The zero-order valence-corrected chi connectivity index (χ0v) is 37.4. The molecule has 0 aromatic rings. The van der Waals surface area contributed by atoms with Crippen LogP contribution < -0.4 is 0 Å². The second kappa shape index (κ2) is 21.9. The van der Waals surface area contributed by atoms with Gasteiger partial charge in [0, 0.05) is 27.7 Å². The molecule has 0 N–H and O–H groups in total. The van der Waals surface area contributed by atoms with Crippen molar-refractivity contribution in [2.24, 2.45) is 0 Å². The predicted octanol–water partition coefficient (Wildman–Crippen LogP) is 5.14. The molecular formula is C28H62O13Si6. The Morgan fingerprint density at radius 1 is 0.426 bits per heavy atom. The molecule has 0 atom stereocenters. The lowest BCUT2D eigenvalue weighted by Gasteiger charge is -2.43. The van der Waals surface area contributed by atoms with Crippen LogP contribution in [0.1, 0.15) is 53.4 Å². The molecule has 0 aromatic heterocycles. The molecule has 0 spiro atoms. The lowest BCUT2D eigenvalue weighted by Crippen LogP contribution is -2.64. The molecule has 0 aliphatic heterocycles. The highest BCUT2D eigenvalue weighted by Gasteiger charge is 2.55. The third-order valence-electron chi connectivity index (χ3n) is 6.80. The average molecular weight is 775 g/mol. The highest BCUT2D eigenvalue weighted by Crippen LogP contribution is 2.32. The summed E-state index contributed by atoms with van der Waals surface area (Å²) in [6, 6.07) is 2.85. The molecule has 0 aliphatic rings. The van der Waals surface area contributed by atoms with Gasteiger partial charge in [0.2, 0.25) is 0 Å². The van der Waals surface area contributed by atoms with Crippen molar-refractivity contribution in [1.29, 1.82) is 0 Å². The largest absolute Gasteiger partial charge is 0.638 e. The van der Waals surface area contributed by atoms with Gasteiger partial charge < -0.3 is 39.5 Å². The van der Waals surface area contributed by atoms with E-state index in [0.717, 1.165) is 6.04 Å². The van der Waals surface area contributed by atoms with Crippen molar-refractivity contribution in [2.75, 3.05) is 26.4 Å². The Morgan fingerprint density at radius 2 is 0.681 bits per heavy atom. The van der Waals surface area contributed by atoms with Crippen LogP contribution in [0.3, 0.4) is 0 Å². The number of rotatable bonds is 26. The molecular weight excluding hydrogens is 713 g/mol. The topological polar surface area (TPSA) is 151 Å². The van der Waals surface area contributed by atoms with Gasteiger partial charge in [0.25, 0.3) is 10.0 Å². The maximum Gasteiger partial charge on any atom is 0.638 e. The smallest absolute Gasteiger partial charge is 0.466 e. The SMILES string of the molecule is CC(=O)OCCC[Si](C)(C)O[SiH2]O[Si](O[Si](C)(C)CCCOC(C)=O)(O[Si](C)(C)CCCOC(C)=O)O[Si](C)(C)CCCOC(C)=O. The van der Waals surface area contributed by atoms with Gasteiger partial charge in [0.1, 0.15) is 0 Å². The minimum Gasteiger partial charge on any atom is -0.466 e. The van der Waals surface area contributed by atoms with E-state index in [2.05, 4.69) is 52.4 Å². The minimum atomic E-state index is -3.85. The van der Waals surface area contributed by atoms with Gasteiger partial charge in [-0.2, -0.15) is 0 Å². The lowest BCUT2D eigenvalue weighted by molar-refractivity contribution is -0.141. The van der Waals surface area contributed by atoms with Crippen LogP contribution in [0.2, 0.25) is 76.6 Å². The van der Waals surface area contributed by atoms with Crippen molar-refractivity contribution < 1.29 is 58.7 Å². The molecule has 276 valence electrons. The summed E-state index contributed by atoms with van der Waals surface area (Å²) in [4.78, 5) is 45.2. The van der Waals surface area contributed by atoms with Crippen molar-refractivity contribution in [3.8, 4) is 0 Å². The molecule has 0 aliphatic carbocycles. The normalized spacial score (nSPS) is 13.1. The monoisotopic (exact) mass is 774 g/mol. The molecule has 0 amide bonds. The molecule has 0 aromatic carbocycles. The summed E-state index contributed by atoms with van der Waals surface area (Å²) in [5.74, 6) is -1.27. The summed E-state index contributed by atoms with van der Waals surface area (Å²) in [5.41, 5.74) is 0. The van der Waals surface area contributed by atoms with Gasteiger partial charge in [0.05, 0.1) is 26.4 Å². The second-order valence-electron chi connectivity index (χ2n) is 14.0. The first kappa shape index (κ1) is 46.0. The summed E-state index contributed by atoms with van der Waals surface area (Å²) in [7, 11) is -15.2. The van der Waals surface area contributed by atoms with Crippen LogP contribution in [0.5, 0.6) is 0 Å². The van der Waals surface area contributed by atoms with Crippen LogP contribution in [0, 0.1) is 0 Å². The number of carbonyl (C=O) groups excluding carboxylic acids is 4. The van der Waals surface area contributed by atoms with Crippen LogP contribution >= 0.6 is 0 Å². The Kier molecular flexibility index (Phi) is 21.5. The molecule has 0 heterocycles.